The number of nitrogens with zero attached hydrogens (tertiary/aromatic N) is 1. The highest BCUT2D eigenvalue weighted by atomic mass is 15.2. The van der Waals surface area contributed by atoms with E-state index < -0.39 is 0 Å². The van der Waals surface area contributed by atoms with Crippen molar-refractivity contribution < 1.29 is 0 Å². The van der Waals surface area contributed by atoms with Crippen molar-refractivity contribution in [3.05, 3.63) is 35.4 Å². The molecule has 2 nitrogen and oxygen atoms in total. The van der Waals surface area contributed by atoms with Crippen LogP contribution in [0.3, 0.4) is 0 Å². The largest absolute Gasteiger partial charge is 0.314 e. The minimum Gasteiger partial charge on any atom is -0.314 e. The van der Waals surface area contributed by atoms with Gasteiger partial charge in [0.05, 0.1) is 0 Å². The summed E-state index contributed by atoms with van der Waals surface area (Å²) in [5, 5.41) is 3.56. The molecule has 100 valence electrons. The van der Waals surface area contributed by atoms with E-state index in [4.69, 9.17) is 0 Å². The molecule has 2 unspecified atom stereocenters. The van der Waals surface area contributed by atoms with Crippen molar-refractivity contribution in [2.75, 3.05) is 19.6 Å². The lowest BCUT2D eigenvalue weighted by Crippen LogP contribution is -2.39. The van der Waals surface area contributed by atoms with Gasteiger partial charge < -0.3 is 5.32 Å². The molecule has 0 saturated carbocycles. The third-order valence-corrected chi connectivity index (χ3v) is 4.07. The Morgan fingerprint density at radius 1 is 1.22 bits per heavy atom. The summed E-state index contributed by atoms with van der Waals surface area (Å²) >= 11 is 0. The summed E-state index contributed by atoms with van der Waals surface area (Å²) in [6, 6.07) is 10.2. The first-order chi connectivity index (χ1) is 8.66. The summed E-state index contributed by atoms with van der Waals surface area (Å²) in [5.74, 6) is 0. The molecular formula is C16H26N2. The molecule has 1 aliphatic heterocycles. The van der Waals surface area contributed by atoms with Crippen molar-refractivity contribution in [3.63, 3.8) is 0 Å². The molecule has 0 amide bonds. The molecule has 2 atom stereocenters. The molecule has 1 N–H and O–H groups in total. The van der Waals surface area contributed by atoms with Gasteiger partial charge in [0.2, 0.25) is 0 Å². The highest BCUT2D eigenvalue weighted by Crippen LogP contribution is 2.22. The molecule has 2 heteroatoms. The lowest BCUT2D eigenvalue weighted by molar-refractivity contribution is 0.185. The van der Waals surface area contributed by atoms with E-state index in [-0.39, 0.29) is 0 Å². The molecule has 1 saturated heterocycles. The Kier molecular flexibility index (Phi) is 4.79. The Bertz CT molecular complexity index is 358. The molecule has 0 aliphatic carbocycles. The monoisotopic (exact) mass is 246 g/mol. The lowest BCUT2D eigenvalue weighted by Gasteiger charge is -2.32. The van der Waals surface area contributed by atoms with Gasteiger partial charge in [0.1, 0.15) is 0 Å². The van der Waals surface area contributed by atoms with Crippen LogP contribution in [-0.4, -0.2) is 30.6 Å². The van der Waals surface area contributed by atoms with Gasteiger partial charge in [-0.15, -0.1) is 0 Å². The zero-order chi connectivity index (χ0) is 13.0. The lowest BCUT2D eigenvalue weighted by atomic mass is 10.0. The van der Waals surface area contributed by atoms with Crippen molar-refractivity contribution in [3.8, 4) is 0 Å². The Morgan fingerprint density at radius 3 is 2.67 bits per heavy atom. The van der Waals surface area contributed by atoms with Crippen LogP contribution in [0.2, 0.25) is 0 Å². The van der Waals surface area contributed by atoms with Crippen molar-refractivity contribution >= 4 is 0 Å². The average molecular weight is 246 g/mol. The zero-order valence-corrected chi connectivity index (χ0v) is 11.9. The molecule has 1 fully saturated rings. The predicted octanol–water partition coefficient (Wildman–Crippen LogP) is 3.13. The van der Waals surface area contributed by atoms with E-state index in [2.05, 4.69) is 55.3 Å². The van der Waals surface area contributed by atoms with Crippen LogP contribution in [0, 0.1) is 6.92 Å². The zero-order valence-electron chi connectivity index (χ0n) is 11.9. The third-order valence-electron chi connectivity index (χ3n) is 4.07. The Morgan fingerprint density at radius 2 is 1.94 bits per heavy atom. The van der Waals surface area contributed by atoms with Gasteiger partial charge in [-0.05, 0) is 52.3 Å². The number of hydrogen-bond donors (Lipinski definition) is 1. The van der Waals surface area contributed by atoms with E-state index >= 15 is 0 Å². The van der Waals surface area contributed by atoms with Crippen molar-refractivity contribution in [1.29, 1.82) is 0 Å². The molecule has 1 aromatic carbocycles. The van der Waals surface area contributed by atoms with Gasteiger partial charge >= 0.3 is 0 Å². The first-order valence-electron chi connectivity index (χ1n) is 7.21. The van der Waals surface area contributed by atoms with E-state index in [9.17, 15) is 0 Å². The second-order valence-electron chi connectivity index (χ2n) is 5.62. The summed E-state index contributed by atoms with van der Waals surface area (Å²) in [4.78, 5) is 2.63. The minimum atomic E-state index is 0.538. The number of hydrogen-bond acceptors (Lipinski definition) is 2. The molecule has 0 spiro atoms. The van der Waals surface area contributed by atoms with Gasteiger partial charge in [-0.3, -0.25) is 4.90 Å². The summed E-state index contributed by atoms with van der Waals surface area (Å²) < 4.78 is 0. The van der Waals surface area contributed by atoms with Crippen LogP contribution in [0.25, 0.3) is 0 Å². The quantitative estimate of drug-likeness (QED) is 0.862. The van der Waals surface area contributed by atoms with Gasteiger partial charge in [0, 0.05) is 18.6 Å². The van der Waals surface area contributed by atoms with E-state index in [0.717, 1.165) is 6.54 Å². The van der Waals surface area contributed by atoms with Gasteiger partial charge in [0.25, 0.3) is 0 Å². The summed E-state index contributed by atoms with van der Waals surface area (Å²) in [6.07, 6.45) is 2.50. The van der Waals surface area contributed by atoms with Crippen LogP contribution in [0.4, 0.5) is 0 Å². The Hall–Kier alpha value is -0.860. The maximum Gasteiger partial charge on any atom is 0.0319 e. The van der Waals surface area contributed by atoms with Crippen molar-refractivity contribution in [2.24, 2.45) is 0 Å². The maximum atomic E-state index is 3.56. The van der Waals surface area contributed by atoms with Crippen molar-refractivity contribution in [2.45, 2.75) is 45.7 Å². The third kappa shape index (κ3) is 3.56. The van der Waals surface area contributed by atoms with Crippen LogP contribution < -0.4 is 5.32 Å². The fourth-order valence-corrected chi connectivity index (χ4v) is 2.65. The van der Waals surface area contributed by atoms with E-state index in [1.807, 2.05) is 0 Å². The number of rotatable bonds is 2. The first kappa shape index (κ1) is 13.6. The van der Waals surface area contributed by atoms with Crippen molar-refractivity contribution in [1.82, 2.24) is 10.2 Å². The van der Waals surface area contributed by atoms with E-state index in [0.29, 0.717) is 12.1 Å². The molecular weight excluding hydrogens is 220 g/mol. The topological polar surface area (TPSA) is 15.3 Å². The average Bonchev–Trinajstić information content (AvgIpc) is 2.35. The van der Waals surface area contributed by atoms with Gasteiger partial charge in [-0.25, -0.2) is 0 Å². The van der Waals surface area contributed by atoms with E-state index in [1.165, 1.54) is 37.1 Å². The molecule has 1 heterocycles. The molecule has 18 heavy (non-hydrogen) atoms. The molecule has 1 aliphatic rings. The first-order valence-corrected chi connectivity index (χ1v) is 7.21. The summed E-state index contributed by atoms with van der Waals surface area (Å²) in [5.41, 5.74) is 2.79. The molecule has 2 rings (SSSR count). The van der Waals surface area contributed by atoms with Crippen LogP contribution >= 0.6 is 0 Å². The number of benzene rings is 1. The minimum absolute atomic E-state index is 0.538. The molecule has 0 bridgehead atoms. The van der Waals surface area contributed by atoms with Crippen LogP contribution in [0.15, 0.2) is 24.3 Å². The molecule has 0 aromatic heterocycles. The van der Waals surface area contributed by atoms with Gasteiger partial charge in [-0.2, -0.15) is 0 Å². The second kappa shape index (κ2) is 6.35. The number of nitrogens with one attached hydrogen (secondary N) is 1. The fourth-order valence-electron chi connectivity index (χ4n) is 2.65. The van der Waals surface area contributed by atoms with Crippen LogP contribution in [0.1, 0.15) is 43.9 Å². The maximum absolute atomic E-state index is 3.56. The standard InChI is InChI=1S/C16H26N2/c1-13-5-7-16(8-6-13)15(3)18-11-4-10-17-14(2)9-12-18/h5-8,14-15,17H,4,9-12H2,1-3H3. The summed E-state index contributed by atoms with van der Waals surface area (Å²) in [6.45, 7) is 10.3. The SMILES string of the molecule is Cc1ccc(C(C)N2CCCNC(C)CC2)cc1. The highest BCUT2D eigenvalue weighted by Gasteiger charge is 2.18. The smallest absolute Gasteiger partial charge is 0.0319 e. The van der Waals surface area contributed by atoms with Gasteiger partial charge in [-0.1, -0.05) is 29.8 Å². The normalized spacial score (nSPS) is 24.3. The second-order valence-corrected chi connectivity index (χ2v) is 5.62. The van der Waals surface area contributed by atoms with Gasteiger partial charge in [0.15, 0.2) is 0 Å². The highest BCUT2D eigenvalue weighted by molar-refractivity contribution is 5.23. The fraction of sp³-hybridized carbons (Fsp3) is 0.625. The number of aryl methyl sites for hydroxylation is 1. The Labute approximate surface area is 111 Å². The molecule has 0 radical (unpaired) electrons. The Balaban J connectivity index is 2.02. The molecule has 1 aromatic rings. The predicted molar refractivity (Wildman–Crippen MR) is 77.9 cm³/mol. The van der Waals surface area contributed by atoms with Crippen LogP contribution in [0.5, 0.6) is 0 Å². The summed E-state index contributed by atoms with van der Waals surface area (Å²) in [7, 11) is 0. The van der Waals surface area contributed by atoms with Crippen LogP contribution in [-0.2, 0) is 0 Å². The van der Waals surface area contributed by atoms with E-state index in [1.54, 1.807) is 0 Å².